The summed E-state index contributed by atoms with van der Waals surface area (Å²) in [4.78, 5) is 16.0. The maximum absolute atomic E-state index is 11.0. The summed E-state index contributed by atoms with van der Waals surface area (Å²) in [6.07, 6.45) is 2.64. The van der Waals surface area contributed by atoms with Crippen LogP contribution in [0.25, 0.3) is 0 Å². The molecule has 3 rings (SSSR count). The Morgan fingerprint density at radius 3 is 3.05 bits per heavy atom. The quantitative estimate of drug-likeness (QED) is 0.897. The second kappa shape index (κ2) is 5.31. The number of carbonyl (C=O) groups is 1. The maximum Gasteiger partial charge on any atom is 0.335 e. The number of piperazine rings is 1. The van der Waals surface area contributed by atoms with Crippen LogP contribution in [0.15, 0.2) is 24.3 Å². The van der Waals surface area contributed by atoms with Crippen molar-refractivity contribution in [2.45, 2.75) is 25.4 Å². The maximum atomic E-state index is 11.0. The van der Waals surface area contributed by atoms with Gasteiger partial charge < -0.3 is 5.11 Å². The molecule has 2 aliphatic heterocycles. The fourth-order valence-corrected chi connectivity index (χ4v) is 3.26. The average Bonchev–Trinajstić information content (AvgIpc) is 2.86. The molecule has 0 aromatic heterocycles. The predicted molar refractivity (Wildman–Crippen MR) is 73.3 cm³/mol. The lowest BCUT2D eigenvalue weighted by Gasteiger charge is -2.37. The number of hydrogen-bond acceptors (Lipinski definition) is 3. The van der Waals surface area contributed by atoms with Gasteiger partial charge in [-0.1, -0.05) is 12.1 Å². The van der Waals surface area contributed by atoms with Gasteiger partial charge in [0.05, 0.1) is 5.56 Å². The van der Waals surface area contributed by atoms with Crippen molar-refractivity contribution in [3.63, 3.8) is 0 Å². The largest absolute Gasteiger partial charge is 0.478 e. The topological polar surface area (TPSA) is 43.8 Å². The van der Waals surface area contributed by atoms with Crippen molar-refractivity contribution < 1.29 is 9.90 Å². The minimum absolute atomic E-state index is 0.386. The second-order valence-electron chi connectivity index (χ2n) is 5.57. The molecule has 1 atom stereocenters. The Hall–Kier alpha value is -1.39. The van der Waals surface area contributed by atoms with Gasteiger partial charge >= 0.3 is 5.97 Å². The molecule has 1 N–H and O–H groups in total. The number of rotatable bonds is 3. The molecule has 1 unspecified atom stereocenters. The van der Waals surface area contributed by atoms with E-state index in [9.17, 15) is 4.79 Å². The smallest absolute Gasteiger partial charge is 0.335 e. The van der Waals surface area contributed by atoms with E-state index >= 15 is 0 Å². The molecule has 2 heterocycles. The third kappa shape index (κ3) is 2.80. The summed E-state index contributed by atoms with van der Waals surface area (Å²) in [6.45, 7) is 5.49. The number of fused-ring (bicyclic) bond motifs is 1. The fraction of sp³-hybridized carbons (Fsp3) is 0.533. The van der Waals surface area contributed by atoms with Gasteiger partial charge in [-0.2, -0.15) is 0 Å². The Labute approximate surface area is 113 Å². The summed E-state index contributed by atoms with van der Waals surface area (Å²) in [5.41, 5.74) is 1.49. The van der Waals surface area contributed by atoms with E-state index in [0.29, 0.717) is 5.56 Å². The number of benzene rings is 1. The lowest BCUT2D eigenvalue weighted by molar-refractivity contribution is 0.0696. The Morgan fingerprint density at radius 2 is 2.21 bits per heavy atom. The third-order valence-corrected chi connectivity index (χ3v) is 4.25. The van der Waals surface area contributed by atoms with Crippen molar-refractivity contribution in [1.29, 1.82) is 0 Å². The van der Waals surface area contributed by atoms with Gasteiger partial charge in [0.15, 0.2) is 0 Å². The van der Waals surface area contributed by atoms with Crippen LogP contribution in [0.1, 0.15) is 28.8 Å². The number of hydrogen-bond donors (Lipinski definition) is 1. The van der Waals surface area contributed by atoms with Crippen LogP contribution >= 0.6 is 0 Å². The molecule has 19 heavy (non-hydrogen) atoms. The standard InChI is InChI=1S/C15H20N2O2/c18-15(19)13-4-1-3-12(9-13)10-16-7-8-17-6-2-5-14(17)11-16/h1,3-4,9,14H,2,5-8,10-11H2,(H,18,19). The van der Waals surface area contributed by atoms with Crippen LogP contribution in [0.5, 0.6) is 0 Å². The normalized spacial score (nSPS) is 24.3. The highest BCUT2D eigenvalue weighted by atomic mass is 16.4. The van der Waals surface area contributed by atoms with E-state index in [1.54, 1.807) is 12.1 Å². The predicted octanol–water partition coefficient (Wildman–Crippen LogP) is 1.66. The van der Waals surface area contributed by atoms with Crippen molar-refractivity contribution in [3.05, 3.63) is 35.4 Å². The minimum atomic E-state index is -0.845. The number of aromatic carboxylic acids is 1. The molecule has 0 aliphatic carbocycles. The number of carboxylic acid groups (broad SMARTS) is 1. The zero-order valence-corrected chi connectivity index (χ0v) is 11.1. The molecule has 2 aliphatic rings. The second-order valence-corrected chi connectivity index (χ2v) is 5.57. The summed E-state index contributed by atoms with van der Waals surface area (Å²) in [5, 5.41) is 9.02. The van der Waals surface area contributed by atoms with Crippen LogP contribution < -0.4 is 0 Å². The first-order valence-electron chi connectivity index (χ1n) is 7.01. The van der Waals surface area contributed by atoms with Gasteiger partial charge in [0.1, 0.15) is 0 Å². The third-order valence-electron chi connectivity index (χ3n) is 4.25. The lowest BCUT2D eigenvalue weighted by Crippen LogP contribution is -2.49. The molecule has 102 valence electrons. The number of carboxylic acids is 1. The summed E-state index contributed by atoms with van der Waals surface area (Å²) in [6, 6.07) is 8.03. The van der Waals surface area contributed by atoms with E-state index < -0.39 is 5.97 Å². The molecule has 1 aromatic rings. The van der Waals surface area contributed by atoms with Gasteiger partial charge in [-0.25, -0.2) is 4.79 Å². The van der Waals surface area contributed by atoms with Crippen LogP contribution in [-0.2, 0) is 6.54 Å². The SMILES string of the molecule is O=C(O)c1cccc(CN2CCN3CCCC3C2)c1. The number of nitrogens with zero attached hydrogens (tertiary/aromatic N) is 2. The monoisotopic (exact) mass is 260 g/mol. The molecule has 4 heteroatoms. The van der Waals surface area contributed by atoms with Crippen LogP contribution in [0, 0.1) is 0 Å². The molecule has 0 amide bonds. The molecule has 0 spiro atoms. The molecule has 2 fully saturated rings. The van der Waals surface area contributed by atoms with E-state index in [1.807, 2.05) is 12.1 Å². The van der Waals surface area contributed by atoms with Crippen LogP contribution in [0.4, 0.5) is 0 Å². The molecule has 2 saturated heterocycles. The van der Waals surface area contributed by atoms with Gasteiger partial charge in [0.25, 0.3) is 0 Å². The molecule has 0 bridgehead atoms. The van der Waals surface area contributed by atoms with Crippen LogP contribution in [-0.4, -0.2) is 53.1 Å². The van der Waals surface area contributed by atoms with Gasteiger partial charge in [-0.3, -0.25) is 9.80 Å². The highest BCUT2D eigenvalue weighted by Crippen LogP contribution is 2.22. The van der Waals surface area contributed by atoms with Crippen molar-refractivity contribution in [2.24, 2.45) is 0 Å². The first kappa shape index (κ1) is 12.6. The van der Waals surface area contributed by atoms with Gasteiger partial charge in [-0.05, 0) is 37.1 Å². The first-order valence-corrected chi connectivity index (χ1v) is 7.01. The Morgan fingerprint density at radius 1 is 1.32 bits per heavy atom. The highest BCUT2D eigenvalue weighted by molar-refractivity contribution is 5.87. The van der Waals surface area contributed by atoms with Crippen molar-refractivity contribution in [3.8, 4) is 0 Å². The summed E-state index contributed by atoms with van der Waals surface area (Å²) < 4.78 is 0. The summed E-state index contributed by atoms with van der Waals surface area (Å²) >= 11 is 0. The van der Waals surface area contributed by atoms with E-state index in [-0.39, 0.29) is 0 Å². The van der Waals surface area contributed by atoms with Crippen molar-refractivity contribution in [1.82, 2.24) is 9.80 Å². The van der Waals surface area contributed by atoms with Gasteiger partial charge in [0, 0.05) is 32.2 Å². The van der Waals surface area contributed by atoms with Gasteiger partial charge in [0.2, 0.25) is 0 Å². The molecular weight excluding hydrogens is 240 g/mol. The van der Waals surface area contributed by atoms with E-state index in [4.69, 9.17) is 5.11 Å². The molecule has 1 aromatic carbocycles. The Kier molecular flexibility index (Phi) is 3.53. The van der Waals surface area contributed by atoms with Crippen LogP contribution in [0.2, 0.25) is 0 Å². The molecular formula is C15H20N2O2. The molecule has 0 radical (unpaired) electrons. The zero-order chi connectivity index (χ0) is 13.2. The molecule has 4 nitrogen and oxygen atoms in total. The van der Waals surface area contributed by atoms with E-state index in [0.717, 1.165) is 37.8 Å². The molecule has 0 saturated carbocycles. The first-order chi connectivity index (χ1) is 9.22. The van der Waals surface area contributed by atoms with Crippen LogP contribution in [0.3, 0.4) is 0 Å². The zero-order valence-electron chi connectivity index (χ0n) is 11.1. The lowest BCUT2D eigenvalue weighted by atomic mass is 10.1. The highest BCUT2D eigenvalue weighted by Gasteiger charge is 2.30. The average molecular weight is 260 g/mol. The van der Waals surface area contributed by atoms with E-state index in [1.165, 1.54) is 19.4 Å². The van der Waals surface area contributed by atoms with E-state index in [2.05, 4.69) is 9.80 Å². The van der Waals surface area contributed by atoms with Gasteiger partial charge in [-0.15, -0.1) is 0 Å². The Bertz CT molecular complexity index is 475. The Balaban J connectivity index is 1.65. The van der Waals surface area contributed by atoms with Crippen molar-refractivity contribution in [2.75, 3.05) is 26.2 Å². The summed E-state index contributed by atoms with van der Waals surface area (Å²) in [5.74, 6) is -0.845. The fourth-order valence-electron chi connectivity index (χ4n) is 3.26. The van der Waals surface area contributed by atoms with Crippen molar-refractivity contribution >= 4 is 5.97 Å². The summed E-state index contributed by atoms with van der Waals surface area (Å²) in [7, 11) is 0. The minimum Gasteiger partial charge on any atom is -0.478 e.